The smallest absolute Gasteiger partial charge is 0.276 e. The van der Waals surface area contributed by atoms with Crippen molar-refractivity contribution >= 4 is 40.3 Å². The predicted molar refractivity (Wildman–Crippen MR) is 170 cm³/mol. The van der Waals surface area contributed by atoms with Gasteiger partial charge in [0.1, 0.15) is 5.82 Å². The summed E-state index contributed by atoms with van der Waals surface area (Å²) < 4.78 is 1.78. The van der Waals surface area contributed by atoms with Crippen molar-refractivity contribution in [2.45, 2.75) is 32.9 Å². The average Bonchev–Trinajstić information content (AvgIpc) is 3.75. The van der Waals surface area contributed by atoms with Crippen LogP contribution in [0.2, 0.25) is 5.02 Å². The molecule has 0 saturated carbocycles. The number of halogens is 1. The summed E-state index contributed by atoms with van der Waals surface area (Å²) in [6, 6.07) is 16.1. The summed E-state index contributed by atoms with van der Waals surface area (Å²) in [5, 5.41) is 15.8. The van der Waals surface area contributed by atoms with E-state index in [1.807, 2.05) is 42.6 Å². The fourth-order valence-corrected chi connectivity index (χ4v) is 6.23. The number of rotatable bonds is 6. The van der Waals surface area contributed by atoms with Crippen LogP contribution in [0, 0.1) is 0 Å². The van der Waals surface area contributed by atoms with E-state index in [0.717, 1.165) is 71.8 Å². The molecule has 11 heteroatoms. The summed E-state index contributed by atoms with van der Waals surface area (Å²) in [4.78, 5) is 25.9. The molecular formula is C32H34ClN9O. The van der Waals surface area contributed by atoms with Gasteiger partial charge in [0.25, 0.3) is 5.91 Å². The van der Waals surface area contributed by atoms with Crippen molar-refractivity contribution < 1.29 is 4.79 Å². The first-order chi connectivity index (χ1) is 20.8. The number of aromatic nitrogens is 5. The van der Waals surface area contributed by atoms with Crippen molar-refractivity contribution in [2.24, 2.45) is 0 Å². The molecule has 2 aliphatic heterocycles. The average molecular weight is 596 g/mol. The number of fused-ring (bicyclic) bond motifs is 2. The Morgan fingerprint density at radius 3 is 2.58 bits per heavy atom. The minimum Gasteiger partial charge on any atom is -0.369 e. The van der Waals surface area contributed by atoms with Gasteiger partial charge in [-0.25, -0.2) is 9.50 Å². The van der Waals surface area contributed by atoms with Crippen LogP contribution in [0.25, 0.3) is 16.9 Å². The first kappa shape index (κ1) is 27.4. The van der Waals surface area contributed by atoms with Crippen molar-refractivity contribution in [3.8, 4) is 11.3 Å². The van der Waals surface area contributed by atoms with Gasteiger partial charge in [0.2, 0.25) is 0 Å². The maximum atomic E-state index is 13.9. The van der Waals surface area contributed by atoms with E-state index in [-0.39, 0.29) is 11.8 Å². The van der Waals surface area contributed by atoms with E-state index < -0.39 is 0 Å². The van der Waals surface area contributed by atoms with Crippen LogP contribution < -0.4 is 15.1 Å². The van der Waals surface area contributed by atoms with E-state index in [1.54, 1.807) is 10.7 Å². The van der Waals surface area contributed by atoms with Gasteiger partial charge in [0, 0.05) is 79.1 Å². The molecule has 0 unspecified atom stereocenters. The third-order valence-electron chi connectivity index (χ3n) is 8.38. The minimum absolute atomic E-state index is 0.00413. The van der Waals surface area contributed by atoms with Crippen molar-refractivity contribution in [3.63, 3.8) is 0 Å². The summed E-state index contributed by atoms with van der Waals surface area (Å²) in [5.74, 6) is 0.557. The van der Waals surface area contributed by atoms with E-state index >= 15 is 0 Å². The molecule has 0 atom stereocenters. The van der Waals surface area contributed by atoms with Crippen molar-refractivity contribution in [3.05, 3.63) is 88.3 Å². The lowest BCUT2D eigenvalue weighted by atomic mass is 10.0. The largest absolute Gasteiger partial charge is 0.369 e. The Kier molecular flexibility index (Phi) is 7.03. The predicted octanol–water partition coefficient (Wildman–Crippen LogP) is 5.42. The topological polar surface area (TPSA) is 97.7 Å². The molecular weight excluding hydrogens is 562 g/mol. The minimum atomic E-state index is -0.257. The molecule has 1 saturated heterocycles. The van der Waals surface area contributed by atoms with Crippen LogP contribution in [0.5, 0.6) is 0 Å². The molecule has 1 fully saturated rings. The van der Waals surface area contributed by atoms with E-state index in [9.17, 15) is 4.79 Å². The molecule has 5 heterocycles. The Labute approximate surface area is 255 Å². The van der Waals surface area contributed by atoms with Crippen LogP contribution in [0.1, 0.15) is 46.9 Å². The van der Waals surface area contributed by atoms with Gasteiger partial charge in [-0.15, -0.1) is 0 Å². The number of piperazine rings is 1. The maximum Gasteiger partial charge on any atom is 0.276 e. The molecule has 2 aromatic carbocycles. The number of H-pyrrole nitrogens is 1. The third-order valence-corrected chi connectivity index (χ3v) is 8.62. The molecule has 0 radical (unpaired) electrons. The Morgan fingerprint density at radius 1 is 1.00 bits per heavy atom. The Hall–Kier alpha value is -4.41. The number of hydrogen-bond donors (Lipinski definition) is 2. The van der Waals surface area contributed by atoms with Crippen LogP contribution in [-0.4, -0.2) is 68.8 Å². The van der Waals surface area contributed by atoms with Gasteiger partial charge in [0.05, 0.1) is 11.9 Å². The Balaban J connectivity index is 1.26. The molecule has 2 N–H and O–H groups in total. The SMILES string of the molecule is CC(C)c1c(C(=O)Nc2cccc(N3CCN(C)CC3)c2)nn2c(-c3cn[nH]c3)cc(N3Cc4ccc(Cl)cc4C3)nc12. The maximum absolute atomic E-state index is 13.9. The number of nitrogens with zero attached hydrogens (tertiary/aromatic N) is 7. The first-order valence-electron chi connectivity index (χ1n) is 14.6. The second kappa shape index (κ2) is 11.0. The fourth-order valence-electron chi connectivity index (χ4n) is 6.04. The molecule has 7 rings (SSSR count). The molecule has 0 spiro atoms. The van der Waals surface area contributed by atoms with Gasteiger partial charge in [-0.3, -0.25) is 9.89 Å². The standard InChI is InChI=1S/C32H34ClN9O/c1-20(2)29-30(32(43)36-25-5-4-6-26(14-25)40-11-9-39(3)10-12-40)38-42-27(23-16-34-35-17-23)15-28(37-31(29)42)41-18-21-7-8-24(33)13-22(21)19-41/h4-8,13-17,20H,9-12,18-19H2,1-3H3,(H,34,35)(H,36,43). The monoisotopic (exact) mass is 595 g/mol. The quantitative estimate of drug-likeness (QED) is 0.270. The van der Waals surface area contributed by atoms with Crippen LogP contribution in [0.15, 0.2) is 60.9 Å². The number of benzene rings is 2. The van der Waals surface area contributed by atoms with Gasteiger partial charge < -0.3 is 20.0 Å². The van der Waals surface area contributed by atoms with Crippen molar-refractivity contribution in [1.82, 2.24) is 29.7 Å². The van der Waals surface area contributed by atoms with Gasteiger partial charge in [0.15, 0.2) is 11.3 Å². The van der Waals surface area contributed by atoms with Crippen molar-refractivity contribution in [1.29, 1.82) is 0 Å². The van der Waals surface area contributed by atoms with Crippen molar-refractivity contribution in [2.75, 3.05) is 48.3 Å². The number of likely N-dealkylation sites (N-methyl/N-ethyl adjacent to an activating group) is 1. The van der Waals surface area contributed by atoms with Crippen LogP contribution >= 0.6 is 11.6 Å². The highest BCUT2D eigenvalue weighted by Gasteiger charge is 2.28. The molecule has 0 bridgehead atoms. The second-order valence-corrected chi connectivity index (χ2v) is 12.1. The molecule has 5 aromatic rings. The highest BCUT2D eigenvalue weighted by atomic mass is 35.5. The third kappa shape index (κ3) is 5.21. The highest BCUT2D eigenvalue weighted by molar-refractivity contribution is 6.30. The lowest BCUT2D eigenvalue weighted by Crippen LogP contribution is -2.44. The summed E-state index contributed by atoms with van der Waals surface area (Å²) in [5.41, 5.74) is 7.76. The normalized spacial score (nSPS) is 15.5. The summed E-state index contributed by atoms with van der Waals surface area (Å²) in [7, 11) is 2.14. The lowest BCUT2D eigenvalue weighted by Gasteiger charge is -2.34. The van der Waals surface area contributed by atoms with Crippen LogP contribution in [0.3, 0.4) is 0 Å². The molecule has 43 heavy (non-hydrogen) atoms. The summed E-state index contributed by atoms with van der Waals surface area (Å²) in [6.07, 6.45) is 3.59. The zero-order chi connectivity index (χ0) is 29.7. The van der Waals surface area contributed by atoms with Crippen LogP contribution in [0.4, 0.5) is 17.2 Å². The number of nitrogens with one attached hydrogen (secondary N) is 2. The highest BCUT2D eigenvalue weighted by Crippen LogP contribution is 2.35. The van der Waals surface area contributed by atoms with Gasteiger partial charge in [-0.2, -0.15) is 10.2 Å². The number of hydrogen-bond acceptors (Lipinski definition) is 7. The molecule has 1 amide bonds. The van der Waals surface area contributed by atoms with E-state index in [1.165, 1.54) is 11.1 Å². The van der Waals surface area contributed by atoms with E-state index in [4.69, 9.17) is 21.7 Å². The summed E-state index contributed by atoms with van der Waals surface area (Å²) in [6.45, 7) is 9.51. The van der Waals surface area contributed by atoms with E-state index in [2.05, 4.69) is 63.2 Å². The number of amides is 1. The first-order valence-corrected chi connectivity index (χ1v) is 15.0. The zero-order valence-corrected chi connectivity index (χ0v) is 25.3. The number of aromatic amines is 1. The molecule has 2 aliphatic rings. The molecule has 3 aromatic heterocycles. The van der Waals surface area contributed by atoms with Gasteiger partial charge in [-0.1, -0.05) is 37.6 Å². The zero-order valence-electron chi connectivity index (χ0n) is 24.5. The number of anilines is 3. The second-order valence-electron chi connectivity index (χ2n) is 11.7. The number of carbonyl (C=O) groups is 1. The lowest BCUT2D eigenvalue weighted by molar-refractivity contribution is 0.102. The molecule has 10 nitrogen and oxygen atoms in total. The molecule has 220 valence electrons. The van der Waals surface area contributed by atoms with E-state index in [0.29, 0.717) is 17.9 Å². The van der Waals surface area contributed by atoms with Crippen LogP contribution in [-0.2, 0) is 13.1 Å². The van der Waals surface area contributed by atoms with Gasteiger partial charge >= 0.3 is 0 Å². The summed E-state index contributed by atoms with van der Waals surface area (Å²) >= 11 is 6.29. The molecule has 0 aliphatic carbocycles. The Bertz CT molecular complexity index is 1810. The van der Waals surface area contributed by atoms with Gasteiger partial charge in [-0.05, 0) is 54.4 Å². The number of carbonyl (C=O) groups excluding carboxylic acids is 1. The Morgan fingerprint density at radius 2 is 1.81 bits per heavy atom. The fraction of sp³-hybridized carbons (Fsp3) is 0.312.